The molecule has 0 radical (unpaired) electrons. The van der Waals surface area contributed by atoms with Crippen molar-refractivity contribution in [2.75, 3.05) is 31.1 Å². The van der Waals surface area contributed by atoms with Gasteiger partial charge in [0.15, 0.2) is 15.8 Å². The van der Waals surface area contributed by atoms with Gasteiger partial charge in [-0.2, -0.15) is 0 Å². The predicted molar refractivity (Wildman–Crippen MR) is 131 cm³/mol. The lowest BCUT2D eigenvalue weighted by atomic mass is 9.99. The van der Waals surface area contributed by atoms with Crippen LogP contribution in [0.4, 0.5) is 0 Å². The maximum atomic E-state index is 11.6. The number of nitrogens with zero attached hydrogens (tertiary/aromatic N) is 2. The molecule has 1 aromatic carbocycles. The smallest absolute Gasteiger partial charge is 0.191 e. The SMILES string of the molecule is CCNC(=NCc1ccc(CN2CCCC(C)C2)cc1)NC1CCS(=O)(=O)C1.I. The Bertz CT molecular complexity index is 767. The van der Waals surface area contributed by atoms with E-state index < -0.39 is 9.84 Å². The fraction of sp³-hybridized carbons (Fsp3) is 0.667. The van der Waals surface area contributed by atoms with Crippen LogP contribution in [0.5, 0.6) is 0 Å². The van der Waals surface area contributed by atoms with Gasteiger partial charge in [0.05, 0.1) is 18.1 Å². The molecular weight excluding hydrogens is 499 g/mol. The highest BCUT2D eigenvalue weighted by molar-refractivity contribution is 14.0. The Hall–Kier alpha value is -0.870. The lowest BCUT2D eigenvalue weighted by Gasteiger charge is -2.30. The topological polar surface area (TPSA) is 73.8 Å². The monoisotopic (exact) mass is 534 g/mol. The number of likely N-dealkylation sites (tertiary alicyclic amines) is 1. The molecule has 8 heteroatoms. The number of guanidine groups is 1. The molecule has 2 heterocycles. The fourth-order valence-electron chi connectivity index (χ4n) is 4.03. The van der Waals surface area contributed by atoms with Gasteiger partial charge in [0.2, 0.25) is 0 Å². The van der Waals surface area contributed by atoms with Gasteiger partial charge in [-0.25, -0.2) is 13.4 Å². The van der Waals surface area contributed by atoms with E-state index in [1.165, 1.54) is 31.5 Å². The second kappa shape index (κ2) is 11.5. The third kappa shape index (κ3) is 8.05. The number of nitrogens with one attached hydrogen (secondary N) is 2. The number of benzene rings is 1. The number of hydrogen-bond acceptors (Lipinski definition) is 4. The molecule has 2 unspecified atom stereocenters. The highest BCUT2D eigenvalue weighted by Crippen LogP contribution is 2.18. The number of aliphatic imine (C=N–C) groups is 1. The van der Waals surface area contributed by atoms with Crippen molar-refractivity contribution >= 4 is 39.8 Å². The van der Waals surface area contributed by atoms with E-state index in [1.54, 1.807) is 0 Å². The number of piperidine rings is 1. The molecule has 3 rings (SSSR count). The second-order valence-electron chi connectivity index (χ2n) is 8.24. The zero-order valence-corrected chi connectivity index (χ0v) is 20.7. The second-order valence-corrected chi connectivity index (χ2v) is 10.5. The molecular formula is C21H35IN4O2S. The molecule has 0 amide bonds. The van der Waals surface area contributed by atoms with Crippen LogP contribution in [-0.2, 0) is 22.9 Å². The molecule has 0 aromatic heterocycles. The summed E-state index contributed by atoms with van der Waals surface area (Å²) >= 11 is 0. The Labute approximate surface area is 192 Å². The summed E-state index contributed by atoms with van der Waals surface area (Å²) in [5.74, 6) is 1.95. The first-order valence-electron chi connectivity index (χ1n) is 10.5. The molecule has 2 aliphatic rings. The normalized spacial score (nSPS) is 24.7. The lowest BCUT2D eigenvalue weighted by Crippen LogP contribution is -2.44. The van der Waals surface area contributed by atoms with Crippen LogP contribution in [0.3, 0.4) is 0 Å². The van der Waals surface area contributed by atoms with E-state index in [0.29, 0.717) is 18.9 Å². The molecule has 1 aromatic rings. The van der Waals surface area contributed by atoms with Crippen molar-refractivity contribution in [3.05, 3.63) is 35.4 Å². The molecule has 2 saturated heterocycles. The third-order valence-corrected chi connectivity index (χ3v) is 7.28. The summed E-state index contributed by atoms with van der Waals surface area (Å²) in [5, 5.41) is 6.48. The van der Waals surface area contributed by atoms with E-state index in [-0.39, 0.29) is 41.5 Å². The molecule has 0 aliphatic carbocycles. The molecule has 164 valence electrons. The Balaban J connectivity index is 0.00000300. The van der Waals surface area contributed by atoms with Crippen LogP contribution in [0.2, 0.25) is 0 Å². The fourth-order valence-corrected chi connectivity index (χ4v) is 5.70. The number of sulfone groups is 1. The average molecular weight is 535 g/mol. The quantitative estimate of drug-likeness (QED) is 0.334. The van der Waals surface area contributed by atoms with Crippen molar-refractivity contribution in [3.63, 3.8) is 0 Å². The average Bonchev–Trinajstić information content (AvgIpc) is 2.99. The van der Waals surface area contributed by atoms with Crippen LogP contribution in [0.25, 0.3) is 0 Å². The first-order valence-corrected chi connectivity index (χ1v) is 12.3. The number of halogens is 1. The lowest BCUT2D eigenvalue weighted by molar-refractivity contribution is 0.176. The van der Waals surface area contributed by atoms with Gasteiger partial charge in [-0.3, -0.25) is 4.90 Å². The highest BCUT2D eigenvalue weighted by Gasteiger charge is 2.28. The Morgan fingerprint density at radius 1 is 1.21 bits per heavy atom. The van der Waals surface area contributed by atoms with Crippen molar-refractivity contribution in [2.24, 2.45) is 10.9 Å². The standard InChI is InChI=1S/C21H34N4O2S.HI/c1-3-22-21(24-20-10-12-28(26,27)16-20)23-13-18-6-8-19(9-7-18)15-25-11-4-5-17(2)14-25;/h6-9,17,20H,3-5,10-16H2,1-2H3,(H2,22,23,24);1H. The minimum absolute atomic E-state index is 0. The molecule has 2 atom stereocenters. The Kier molecular flexibility index (Phi) is 9.68. The van der Waals surface area contributed by atoms with Gasteiger partial charge in [-0.1, -0.05) is 31.2 Å². The predicted octanol–water partition coefficient (Wildman–Crippen LogP) is 2.78. The van der Waals surface area contributed by atoms with Gasteiger partial charge in [-0.15, -0.1) is 24.0 Å². The molecule has 2 fully saturated rings. The summed E-state index contributed by atoms with van der Waals surface area (Å²) < 4.78 is 23.3. The molecule has 0 bridgehead atoms. The zero-order valence-electron chi connectivity index (χ0n) is 17.6. The molecule has 0 saturated carbocycles. The van der Waals surface area contributed by atoms with Crippen LogP contribution in [-0.4, -0.2) is 56.5 Å². The third-order valence-electron chi connectivity index (χ3n) is 5.51. The van der Waals surface area contributed by atoms with Crippen LogP contribution < -0.4 is 10.6 Å². The van der Waals surface area contributed by atoms with E-state index in [9.17, 15) is 8.42 Å². The minimum Gasteiger partial charge on any atom is -0.357 e. The van der Waals surface area contributed by atoms with Gasteiger partial charge >= 0.3 is 0 Å². The maximum Gasteiger partial charge on any atom is 0.191 e. The van der Waals surface area contributed by atoms with Gasteiger partial charge in [0, 0.05) is 25.7 Å². The van der Waals surface area contributed by atoms with Gasteiger partial charge in [-0.05, 0) is 49.8 Å². The molecule has 29 heavy (non-hydrogen) atoms. The van der Waals surface area contributed by atoms with Gasteiger partial charge in [0.25, 0.3) is 0 Å². The van der Waals surface area contributed by atoms with Crippen LogP contribution in [0.1, 0.15) is 44.2 Å². The van der Waals surface area contributed by atoms with Gasteiger partial charge < -0.3 is 10.6 Å². The maximum absolute atomic E-state index is 11.6. The number of rotatable bonds is 6. The van der Waals surface area contributed by atoms with Crippen LogP contribution >= 0.6 is 24.0 Å². The molecule has 0 spiro atoms. The van der Waals surface area contributed by atoms with E-state index in [2.05, 4.69) is 51.7 Å². The Morgan fingerprint density at radius 2 is 1.93 bits per heavy atom. The first-order chi connectivity index (χ1) is 13.4. The van der Waals surface area contributed by atoms with Crippen molar-refractivity contribution < 1.29 is 8.42 Å². The van der Waals surface area contributed by atoms with Crippen LogP contribution in [0.15, 0.2) is 29.3 Å². The summed E-state index contributed by atoms with van der Waals surface area (Å²) in [4.78, 5) is 7.19. The molecule has 2 aliphatic heterocycles. The minimum atomic E-state index is -2.89. The summed E-state index contributed by atoms with van der Waals surface area (Å²) in [6.45, 7) is 9.09. The molecule has 6 nitrogen and oxygen atoms in total. The van der Waals surface area contributed by atoms with Crippen LogP contribution in [0, 0.1) is 5.92 Å². The van der Waals surface area contributed by atoms with Crippen molar-refractivity contribution in [1.82, 2.24) is 15.5 Å². The van der Waals surface area contributed by atoms with E-state index in [0.717, 1.165) is 24.6 Å². The Morgan fingerprint density at radius 3 is 2.55 bits per heavy atom. The number of hydrogen-bond donors (Lipinski definition) is 2. The molecule has 2 N–H and O–H groups in total. The first kappa shape index (κ1) is 24.4. The summed E-state index contributed by atoms with van der Waals surface area (Å²) in [7, 11) is -2.89. The summed E-state index contributed by atoms with van der Waals surface area (Å²) in [6, 6.07) is 8.66. The van der Waals surface area contributed by atoms with E-state index in [1.807, 2.05) is 6.92 Å². The van der Waals surface area contributed by atoms with Crippen molar-refractivity contribution in [1.29, 1.82) is 0 Å². The van der Waals surface area contributed by atoms with Crippen molar-refractivity contribution in [3.8, 4) is 0 Å². The van der Waals surface area contributed by atoms with Gasteiger partial charge in [0.1, 0.15) is 0 Å². The van der Waals surface area contributed by atoms with Crippen molar-refractivity contribution in [2.45, 2.75) is 52.2 Å². The highest BCUT2D eigenvalue weighted by atomic mass is 127. The summed E-state index contributed by atoms with van der Waals surface area (Å²) in [5.41, 5.74) is 2.51. The van der Waals surface area contributed by atoms with E-state index in [4.69, 9.17) is 0 Å². The summed E-state index contributed by atoms with van der Waals surface area (Å²) in [6.07, 6.45) is 3.30. The largest absolute Gasteiger partial charge is 0.357 e. The zero-order chi connectivity index (χ0) is 20.0. The van der Waals surface area contributed by atoms with E-state index >= 15 is 0 Å².